The molecule has 0 radical (unpaired) electrons. The molecule has 9 heteroatoms. The second kappa shape index (κ2) is 10.1. The molecule has 0 spiro atoms. The van der Waals surface area contributed by atoms with Gasteiger partial charge in [0.15, 0.2) is 0 Å². The maximum atomic E-state index is 13.2. The normalized spacial score (nSPS) is 11.8. The first-order chi connectivity index (χ1) is 16.9. The summed E-state index contributed by atoms with van der Waals surface area (Å²) in [6, 6.07) is 16.8. The molecule has 8 nitrogen and oxygen atoms in total. The van der Waals surface area contributed by atoms with E-state index < -0.39 is 22.2 Å². The molecule has 0 aliphatic carbocycles. The first kappa shape index (κ1) is 26.2. The maximum absolute atomic E-state index is 13.2. The smallest absolute Gasteiger partial charge is 0.273 e. The average Bonchev–Trinajstić information content (AvgIpc) is 2.80. The number of benzene rings is 3. The topological polar surface area (TPSA) is 140 Å². The summed E-state index contributed by atoms with van der Waals surface area (Å²) in [5.41, 5.74) is 0.627. The highest BCUT2D eigenvalue weighted by molar-refractivity contribution is 6.30. The molecule has 2 N–H and O–H groups in total. The van der Waals surface area contributed by atoms with Crippen molar-refractivity contribution in [2.24, 2.45) is 0 Å². The number of halogens is 1. The molecule has 3 aromatic carbocycles. The molecule has 0 aliphatic heterocycles. The van der Waals surface area contributed by atoms with Gasteiger partial charge in [0.25, 0.3) is 11.6 Å². The molecule has 36 heavy (non-hydrogen) atoms. The van der Waals surface area contributed by atoms with E-state index in [9.17, 15) is 30.5 Å². The number of amides is 1. The number of nitrogens with one attached hydrogen (secondary N) is 1. The molecule has 0 aliphatic rings. The van der Waals surface area contributed by atoms with E-state index in [0.717, 1.165) is 0 Å². The summed E-state index contributed by atoms with van der Waals surface area (Å²) in [6.07, 6.45) is 0. The number of nitrogens with zero attached hydrogens (tertiary/aromatic N) is 3. The minimum absolute atomic E-state index is 0.0207. The highest BCUT2D eigenvalue weighted by atomic mass is 35.5. The van der Waals surface area contributed by atoms with Gasteiger partial charge in [-0.15, -0.1) is 0 Å². The first-order valence-electron chi connectivity index (χ1n) is 10.9. The third-order valence-electron chi connectivity index (χ3n) is 5.84. The highest BCUT2D eigenvalue weighted by Gasteiger charge is 2.30. The van der Waals surface area contributed by atoms with Crippen LogP contribution >= 0.6 is 11.6 Å². The van der Waals surface area contributed by atoms with Gasteiger partial charge in [-0.25, -0.2) is 0 Å². The van der Waals surface area contributed by atoms with Gasteiger partial charge in [-0.2, -0.15) is 10.5 Å². The zero-order chi connectivity index (χ0) is 26.8. The number of aromatic hydroxyl groups is 1. The van der Waals surface area contributed by atoms with E-state index in [1.54, 1.807) is 51.1 Å². The molecule has 0 fully saturated rings. The number of rotatable bonds is 5. The van der Waals surface area contributed by atoms with E-state index in [0.29, 0.717) is 16.1 Å². The number of carbonyl (C=O) groups is 1. The number of phenolic OH excluding ortho intramolecular Hbond substituents is 1. The summed E-state index contributed by atoms with van der Waals surface area (Å²) in [6.45, 7) is 6.71. The molecule has 1 atom stereocenters. The van der Waals surface area contributed by atoms with Crippen LogP contribution in [0.25, 0.3) is 0 Å². The van der Waals surface area contributed by atoms with Crippen molar-refractivity contribution in [1.29, 1.82) is 10.5 Å². The number of nitriles is 2. The van der Waals surface area contributed by atoms with E-state index in [2.05, 4.69) is 17.5 Å². The van der Waals surface area contributed by atoms with Gasteiger partial charge in [-0.1, -0.05) is 50.6 Å². The number of carbonyl (C=O) groups excluding carboxylic acids is 1. The van der Waals surface area contributed by atoms with E-state index in [-0.39, 0.29) is 39.4 Å². The minimum Gasteiger partial charge on any atom is -0.507 e. The Bertz CT molecular complexity index is 1450. The van der Waals surface area contributed by atoms with E-state index in [1.807, 2.05) is 0 Å². The van der Waals surface area contributed by atoms with E-state index >= 15 is 0 Å². The zero-order valence-corrected chi connectivity index (χ0v) is 20.8. The summed E-state index contributed by atoms with van der Waals surface area (Å²) in [4.78, 5) is 24.2. The molecule has 0 saturated carbocycles. The summed E-state index contributed by atoms with van der Waals surface area (Å²) in [5.74, 6) is -1.84. The lowest BCUT2D eigenvalue weighted by atomic mass is 9.83. The zero-order valence-electron chi connectivity index (χ0n) is 20.1. The van der Waals surface area contributed by atoms with Crippen molar-refractivity contribution in [3.05, 3.63) is 97.0 Å². The Labute approximate surface area is 213 Å². The predicted octanol–water partition coefficient (Wildman–Crippen LogP) is 6.34. The van der Waals surface area contributed by atoms with Crippen LogP contribution in [0.2, 0.25) is 5.02 Å². The SMILES string of the molecule is Cc1c([N+](=O)[O-])cc(C(C)(C)C)c(O)c1C(=O)Nc1ccc(C(C#N)c2ccc(Cl)cc2)c(C#N)c1. The van der Waals surface area contributed by atoms with Gasteiger partial charge >= 0.3 is 0 Å². The standard InChI is InChI=1S/C27H23ClN4O4/c1-15-23(32(35)36)12-22(27(2,3)4)25(33)24(15)26(34)31-19-9-10-20(17(11-19)13-29)21(14-30)16-5-7-18(28)8-6-16/h5-12,21,33H,1-4H3,(H,31,34). The van der Waals surface area contributed by atoms with Crippen molar-refractivity contribution in [1.82, 2.24) is 0 Å². The number of hydrogen-bond acceptors (Lipinski definition) is 6. The van der Waals surface area contributed by atoms with Gasteiger partial charge < -0.3 is 10.4 Å². The molecule has 3 rings (SSSR count). The number of nitro benzene ring substituents is 1. The summed E-state index contributed by atoms with van der Waals surface area (Å²) >= 11 is 5.94. The number of hydrogen-bond donors (Lipinski definition) is 2. The van der Waals surface area contributed by atoms with Crippen molar-refractivity contribution < 1.29 is 14.8 Å². The Morgan fingerprint density at radius 1 is 1.14 bits per heavy atom. The number of phenols is 1. The van der Waals surface area contributed by atoms with Gasteiger partial charge in [-0.3, -0.25) is 14.9 Å². The van der Waals surface area contributed by atoms with Crippen LogP contribution in [0.4, 0.5) is 11.4 Å². The lowest BCUT2D eigenvalue weighted by Crippen LogP contribution is -2.19. The van der Waals surface area contributed by atoms with Crippen molar-refractivity contribution in [2.75, 3.05) is 5.32 Å². The first-order valence-corrected chi connectivity index (χ1v) is 11.3. The Kier molecular flexibility index (Phi) is 7.33. The Morgan fingerprint density at radius 2 is 1.78 bits per heavy atom. The lowest BCUT2D eigenvalue weighted by molar-refractivity contribution is -0.385. The van der Waals surface area contributed by atoms with E-state index in [1.165, 1.54) is 25.1 Å². The Morgan fingerprint density at radius 3 is 2.31 bits per heavy atom. The highest BCUT2D eigenvalue weighted by Crippen LogP contribution is 2.40. The van der Waals surface area contributed by atoms with Crippen LogP contribution in [0.5, 0.6) is 5.75 Å². The van der Waals surface area contributed by atoms with Crippen LogP contribution in [-0.2, 0) is 5.41 Å². The fourth-order valence-electron chi connectivity index (χ4n) is 3.95. The Balaban J connectivity index is 2.03. The van der Waals surface area contributed by atoms with E-state index in [4.69, 9.17) is 11.6 Å². The van der Waals surface area contributed by atoms with Crippen molar-refractivity contribution in [2.45, 2.75) is 39.0 Å². The fraction of sp³-hybridized carbons (Fsp3) is 0.222. The third-order valence-corrected chi connectivity index (χ3v) is 6.09. The molecule has 0 heterocycles. The van der Waals surface area contributed by atoms with Crippen LogP contribution in [0.1, 0.15) is 64.9 Å². The molecule has 182 valence electrons. The largest absolute Gasteiger partial charge is 0.507 e. The third kappa shape index (κ3) is 5.14. The fourth-order valence-corrected chi connectivity index (χ4v) is 4.07. The number of nitro groups is 1. The van der Waals surface area contributed by atoms with Crippen molar-refractivity contribution in [3.63, 3.8) is 0 Å². The molecule has 0 aromatic heterocycles. The monoisotopic (exact) mass is 502 g/mol. The van der Waals surface area contributed by atoms with Crippen LogP contribution in [0, 0.1) is 39.7 Å². The van der Waals surface area contributed by atoms with Crippen molar-refractivity contribution >= 4 is 28.9 Å². The van der Waals surface area contributed by atoms with Crippen LogP contribution in [0.3, 0.4) is 0 Å². The van der Waals surface area contributed by atoms with Crippen LogP contribution in [0.15, 0.2) is 48.5 Å². The average molecular weight is 503 g/mol. The molecular formula is C27H23ClN4O4. The number of anilines is 1. The molecular weight excluding hydrogens is 480 g/mol. The second-order valence-electron chi connectivity index (χ2n) is 9.28. The molecule has 1 amide bonds. The Hall–Kier alpha value is -4.40. The molecule has 1 unspecified atom stereocenters. The molecule has 0 saturated heterocycles. The van der Waals surface area contributed by atoms with Crippen LogP contribution in [-0.4, -0.2) is 15.9 Å². The van der Waals surface area contributed by atoms with Gasteiger partial charge in [0.1, 0.15) is 5.75 Å². The summed E-state index contributed by atoms with van der Waals surface area (Å²) in [7, 11) is 0. The lowest BCUT2D eigenvalue weighted by Gasteiger charge is -2.23. The van der Waals surface area contributed by atoms with Crippen LogP contribution < -0.4 is 5.32 Å². The van der Waals surface area contributed by atoms with Gasteiger partial charge in [0, 0.05) is 27.9 Å². The maximum Gasteiger partial charge on any atom is 0.273 e. The second-order valence-corrected chi connectivity index (χ2v) is 9.72. The quantitative estimate of drug-likeness (QED) is 0.308. The minimum atomic E-state index is -0.759. The molecule has 3 aromatic rings. The summed E-state index contributed by atoms with van der Waals surface area (Å²) in [5, 5.41) is 45.1. The van der Waals surface area contributed by atoms with Gasteiger partial charge in [0.05, 0.1) is 34.1 Å². The van der Waals surface area contributed by atoms with Crippen molar-refractivity contribution in [3.8, 4) is 17.9 Å². The van der Waals surface area contributed by atoms with Gasteiger partial charge in [0.2, 0.25) is 0 Å². The predicted molar refractivity (Wildman–Crippen MR) is 136 cm³/mol. The summed E-state index contributed by atoms with van der Waals surface area (Å²) < 4.78 is 0. The van der Waals surface area contributed by atoms with Gasteiger partial charge in [-0.05, 0) is 47.7 Å². The molecule has 0 bridgehead atoms.